The zero-order valence-corrected chi connectivity index (χ0v) is 18.1. The topological polar surface area (TPSA) is 101 Å². The molecule has 0 spiro atoms. The van der Waals surface area contributed by atoms with Crippen molar-refractivity contribution in [3.8, 4) is 11.3 Å². The molecular weight excluding hydrogens is 432 g/mol. The first-order chi connectivity index (χ1) is 14.9. The number of aryl methyl sites for hydroxylation is 1. The largest absolute Gasteiger partial charge is 0.298 e. The van der Waals surface area contributed by atoms with Crippen LogP contribution in [-0.2, 0) is 10.0 Å². The van der Waals surface area contributed by atoms with Gasteiger partial charge in [-0.05, 0) is 55.5 Å². The first kappa shape index (κ1) is 20.7. The van der Waals surface area contributed by atoms with Crippen LogP contribution in [0.4, 0.5) is 10.8 Å². The van der Waals surface area contributed by atoms with Gasteiger partial charge in [0.2, 0.25) is 0 Å². The van der Waals surface area contributed by atoms with E-state index in [0.717, 1.165) is 16.8 Å². The molecule has 1 amide bonds. The molecule has 0 radical (unpaired) electrons. The summed E-state index contributed by atoms with van der Waals surface area (Å²) < 4.78 is 27.5. The van der Waals surface area contributed by atoms with Crippen molar-refractivity contribution in [3.05, 3.63) is 89.6 Å². The summed E-state index contributed by atoms with van der Waals surface area (Å²) in [6.45, 7) is 1.89. The summed E-state index contributed by atoms with van der Waals surface area (Å²) >= 11 is 1.31. The second-order valence-electron chi connectivity index (χ2n) is 6.73. The molecule has 0 aliphatic carbocycles. The maximum Gasteiger partial charge on any atom is 0.261 e. The number of carbonyl (C=O) groups is 1. The van der Waals surface area contributed by atoms with E-state index < -0.39 is 10.0 Å². The third kappa shape index (κ3) is 4.96. The van der Waals surface area contributed by atoms with Crippen LogP contribution in [0.3, 0.4) is 0 Å². The van der Waals surface area contributed by atoms with Gasteiger partial charge in [0.1, 0.15) is 0 Å². The van der Waals surface area contributed by atoms with E-state index in [4.69, 9.17) is 0 Å². The summed E-state index contributed by atoms with van der Waals surface area (Å²) in [5, 5.41) is 5.07. The van der Waals surface area contributed by atoms with Crippen LogP contribution in [0.15, 0.2) is 83.3 Å². The minimum Gasteiger partial charge on any atom is -0.298 e. The fourth-order valence-corrected chi connectivity index (χ4v) is 4.54. The first-order valence-electron chi connectivity index (χ1n) is 9.27. The Morgan fingerprint density at radius 1 is 1.00 bits per heavy atom. The number of sulfonamides is 1. The molecule has 7 nitrogen and oxygen atoms in total. The van der Waals surface area contributed by atoms with E-state index in [-0.39, 0.29) is 10.8 Å². The first-order valence-corrected chi connectivity index (χ1v) is 11.6. The van der Waals surface area contributed by atoms with Gasteiger partial charge in [0.05, 0.1) is 10.6 Å². The summed E-state index contributed by atoms with van der Waals surface area (Å²) in [5.41, 5.74) is 3.32. The lowest BCUT2D eigenvalue weighted by Gasteiger charge is -2.09. The van der Waals surface area contributed by atoms with Crippen LogP contribution in [0.25, 0.3) is 11.3 Å². The Kier molecular flexibility index (Phi) is 5.79. The van der Waals surface area contributed by atoms with Gasteiger partial charge in [-0.1, -0.05) is 17.7 Å². The van der Waals surface area contributed by atoms with Gasteiger partial charge in [-0.3, -0.25) is 19.8 Å². The number of benzene rings is 2. The maximum atomic E-state index is 12.5. The van der Waals surface area contributed by atoms with E-state index in [1.54, 1.807) is 60.9 Å². The number of amides is 1. The number of carbonyl (C=O) groups excluding carboxylic acids is 1. The molecule has 0 fully saturated rings. The molecule has 2 aromatic carbocycles. The Labute approximate surface area is 183 Å². The predicted octanol–water partition coefficient (Wildman–Crippen LogP) is 4.57. The number of anilines is 2. The fraction of sp³-hybridized carbons (Fsp3) is 0.0455. The highest BCUT2D eigenvalue weighted by Crippen LogP contribution is 2.25. The number of rotatable bonds is 6. The van der Waals surface area contributed by atoms with Crippen molar-refractivity contribution in [1.82, 2.24) is 9.97 Å². The number of hydrogen-bond acceptors (Lipinski definition) is 6. The second-order valence-corrected chi connectivity index (χ2v) is 9.27. The molecule has 2 aromatic heterocycles. The molecule has 4 rings (SSSR count). The van der Waals surface area contributed by atoms with Gasteiger partial charge in [0.15, 0.2) is 5.13 Å². The maximum absolute atomic E-state index is 12.5. The van der Waals surface area contributed by atoms with Gasteiger partial charge in [-0.2, -0.15) is 0 Å². The van der Waals surface area contributed by atoms with Gasteiger partial charge in [-0.25, -0.2) is 13.4 Å². The van der Waals surface area contributed by atoms with Crippen molar-refractivity contribution in [2.75, 3.05) is 10.0 Å². The molecular formula is C22H18N4O3S2. The van der Waals surface area contributed by atoms with Crippen molar-refractivity contribution >= 4 is 38.1 Å². The second kappa shape index (κ2) is 8.66. The van der Waals surface area contributed by atoms with Crippen LogP contribution in [0.2, 0.25) is 0 Å². The molecule has 31 heavy (non-hydrogen) atoms. The molecule has 0 saturated heterocycles. The zero-order valence-electron chi connectivity index (χ0n) is 16.4. The minimum absolute atomic E-state index is 0.174. The lowest BCUT2D eigenvalue weighted by atomic mass is 10.2. The number of pyridine rings is 1. The molecule has 9 heteroatoms. The summed E-state index contributed by atoms with van der Waals surface area (Å²) in [4.78, 5) is 21.2. The normalized spacial score (nSPS) is 11.1. The van der Waals surface area contributed by atoms with E-state index in [0.29, 0.717) is 16.4 Å². The molecule has 2 N–H and O–H groups in total. The van der Waals surface area contributed by atoms with E-state index in [1.165, 1.54) is 11.3 Å². The molecule has 156 valence electrons. The van der Waals surface area contributed by atoms with E-state index in [9.17, 15) is 13.2 Å². The molecule has 4 aromatic rings. The summed E-state index contributed by atoms with van der Waals surface area (Å²) in [5.74, 6) is -0.333. The Morgan fingerprint density at radius 2 is 1.74 bits per heavy atom. The smallest absolute Gasteiger partial charge is 0.261 e. The molecule has 0 aliphatic rings. The molecule has 2 heterocycles. The van der Waals surface area contributed by atoms with Crippen molar-refractivity contribution < 1.29 is 13.2 Å². The van der Waals surface area contributed by atoms with Gasteiger partial charge >= 0.3 is 0 Å². The lowest BCUT2D eigenvalue weighted by Crippen LogP contribution is -2.14. The molecule has 0 bridgehead atoms. The SMILES string of the molecule is Cc1ccc(S(=O)(=O)Nc2ccc(C(=O)Nc3nc(-c4cccnc4)cs3)cc2)cc1. The Morgan fingerprint density at radius 3 is 2.42 bits per heavy atom. The highest BCUT2D eigenvalue weighted by Gasteiger charge is 2.15. The van der Waals surface area contributed by atoms with Crippen LogP contribution in [0.1, 0.15) is 15.9 Å². The van der Waals surface area contributed by atoms with E-state index in [2.05, 4.69) is 20.0 Å². The number of hydrogen-bond donors (Lipinski definition) is 2. The number of nitrogens with zero attached hydrogens (tertiary/aromatic N) is 2. The van der Waals surface area contributed by atoms with E-state index >= 15 is 0 Å². The molecule has 0 saturated carbocycles. The molecule has 0 aliphatic heterocycles. The summed E-state index contributed by atoms with van der Waals surface area (Å²) in [6.07, 6.45) is 3.39. The average molecular weight is 451 g/mol. The Balaban J connectivity index is 1.43. The fourth-order valence-electron chi connectivity index (χ4n) is 2.77. The zero-order chi connectivity index (χ0) is 21.8. The highest BCUT2D eigenvalue weighted by atomic mass is 32.2. The lowest BCUT2D eigenvalue weighted by molar-refractivity contribution is 0.102. The van der Waals surface area contributed by atoms with Crippen molar-refractivity contribution in [1.29, 1.82) is 0 Å². The number of aromatic nitrogens is 2. The Bertz CT molecular complexity index is 1300. The van der Waals surface area contributed by atoms with Crippen LogP contribution < -0.4 is 10.0 Å². The van der Waals surface area contributed by atoms with Gasteiger partial charge in [0.25, 0.3) is 15.9 Å². The summed E-state index contributed by atoms with van der Waals surface area (Å²) in [7, 11) is -3.70. The number of thiazole rings is 1. The third-order valence-electron chi connectivity index (χ3n) is 4.41. The van der Waals surface area contributed by atoms with Crippen LogP contribution in [0.5, 0.6) is 0 Å². The van der Waals surface area contributed by atoms with Gasteiger partial charge in [0, 0.05) is 34.6 Å². The van der Waals surface area contributed by atoms with Crippen molar-refractivity contribution in [2.45, 2.75) is 11.8 Å². The van der Waals surface area contributed by atoms with Gasteiger partial charge in [-0.15, -0.1) is 11.3 Å². The predicted molar refractivity (Wildman–Crippen MR) is 122 cm³/mol. The van der Waals surface area contributed by atoms with Crippen molar-refractivity contribution in [2.24, 2.45) is 0 Å². The highest BCUT2D eigenvalue weighted by molar-refractivity contribution is 7.92. The standard InChI is InChI=1S/C22H18N4O3S2/c1-15-4-10-19(11-5-15)31(28,29)26-18-8-6-16(7-9-18)21(27)25-22-24-20(14-30-22)17-3-2-12-23-13-17/h2-14,26H,1H3,(H,24,25,27). The average Bonchev–Trinajstić information content (AvgIpc) is 3.23. The quantitative estimate of drug-likeness (QED) is 0.448. The molecule has 0 unspecified atom stereocenters. The van der Waals surface area contributed by atoms with Crippen LogP contribution in [0, 0.1) is 6.92 Å². The van der Waals surface area contributed by atoms with Crippen LogP contribution >= 0.6 is 11.3 Å². The van der Waals surface area contributed by atoms with E-state index in [1.807, 2.05) is 24.4 Å². The summed E-state index contributed by atoms with van der Waals surface area (Å²) in [6, 6.07) is 16.5. The molecule has 0 atom stereocenters. The van der Waals surface area contributed by atoms with Gasteiger partial charge < -0.3 is 0 Å². The minimum atomic E-state index is -3.70. The number of nitrogens with one attached hydrogen (secondary N) is 2. The monoisotopic (exact) mass is 450 g/mol. The van der Waals surface area contributed by atoms with Crippen LogP contribution in [-0.4, -0.2) is 24.3 Å². The third-order valence-corrected chi connectivity index (χ3v) is 6.57. The Hall–Kier alpha value is -3.56. The van der Waals surface area contributed by atoms with Crippen molar-refractivity contribution in [3.63, 3.8) is 0 Å².